The number of hydrogen-bond acceptors (Lipinski definition) is 2. The molecule has 164 valence electrons. The number of nitrogens with zero attached hydrogens (tertiary/aromatic N) is 2. The van der Waals surface area contributed by atoms with Crippen molar-refractivity contribution in [2.24, 2.45) is 30.2 Å². The highest BCUT2D eigenvalue weighted by atomic mass is 16.2. The summed E-state index contributed by atoms with van der Waals surface area (Å²) in [6, 6.07) is 13.4. The molecule has 0 spiro atoms. The lowest BCUT2D eigenvalue weighted by atomic mass is 9.49. The van der Waals surface area contributed by atoms with Gasteiger partial charge < -0.3 is 9.88 Å². The molecule has 2 heterocycles. The van der Waals surface area contributed by atoms with Crippen LogP contribution in [0.3, 0.4) is 0 Å². The Kier molecular flexibility index (Phi) is 4.75. The minimum Gasteiger partial charge on any atom is -0.354 e. The number of fused-ring (bicyclic) bond motifs is 1. The van der Waals surface area contributed by atoms with Crippen molar-refractivity contribution in [1.82, 2.24) is 14.8 Å². The topological polar surface area (TPSA) is 37.3 Å². The van der Waals surface area contributed by atoms with E-state index in [4.69, 9.17) is 0 Å². The van der Waals surface area contributed by atoms with Crippen LogP contribution in [0.4, 0.5) is 0 Å². The fraction of sp³-hybridized carbons (Fsp3) is 0.593. The third-order valence-electron chi connectivity index (χ3n) is 8.90. The normalized spacial score (nSPS) is 32.6. The van der Waals surface area contributed by atoms with E-state index in [0.717, 1.165) is 56.5 Å². The molecule has 4 heteroatoms. The van der Waals surface area contributed by atoms with Crippen molar-refractivity contribution in [1.29, 1.82) is 0 Å². The summed E-state index contributed by atoms with van der Waals surface area (Å²) in [5.74, 6) is 2.76. The number of nitrogens with one attached hydrogen (secondary N) is 1. The zero-order chi connectivity index (χ0) is 21.0. The average molecular weight is 418 g/mol. The van der Waals surface area contributed by atoms with E-state index in [1.165, 1.54) is 36.1 Å². The van der Waals surface area contributed by atoms with Crippen LogP contribution in [0.2, 0.25) is 0 Å². The lowest BCUT2D eigenvalue weighted by molar-refractivity contribution is -0.146. The molecular formula is C27H35N3O. The van der Waals surface area contributed by atoms with E-state index in [1.807, 2.05) is 0 Å². The van der Waals surface area contributed by atoms with Gasteiger partial charge in [-0.05, 0) is 86.0 Å². The monoisotopic (exact) mass is 417 g/mol. The second-order valence-corrected chi connectivity index (χ2v) is 11.0. The Bertz CT molecular complexity index is 941. The fourth-order valence-electron chi connectivity index (χ4n) is 7.79. The first kappa shape index (κ1) is 19.6. The summed E-state index contributed by atoms with van der Waals surface area (Å²) < 4.78 is 2.22. The molecule has 1 aromatic heterocycles. The summed E-state index contributed by atoms with van der Waals surface area (Å²) in [6.07, 6.45) is 10.8. The predicted octanol–water partition coefficient (Wildman–Crippen LogP) is 4.46. The van der Waals surface area contributed by atoms with Crippen molar-refractivity contribution in [3.8, 4) is 0 Å². The Morgan fingerprint density at radius 1 is 1.03 bits per heavy atom. The maximum Gasteiger partial charge on any atom is 0.226 e. The zero-order valence-electron chi connectivity index (χ0n) is 18.7. The summed E-state index contributed by atoms with van der Waals surface area (Å²) in [5, 5.41) is 3.48. The number of carbonyl (C=O) groups is 1. The van der Waals surface area contributed by atoms with E-state index >= 15 is 0 Å². The van der Waals surface area contributed by atoms with Crippen LogP contribution in [0.15, 0.2) is 42.6 Å². The molecule has 0 saturated heterocycles. The molecule has 0 radical (unpaired) electrons. The highest BCUT2D eigenvalue weighted by Gasteiger charge is 2.54. The van der Waals surface area contributed by atoms with Crippen LogP contribution < -0.4 is 5.32 Å². The molecule has 31 heavy (non-hydrogen) atoms. The number of aryl methyl sites for hydroxylation is 1. The van der Waals surface area contributed by atoms with Crippen LogP contribution in [0.25, 0.3) is 0 Å². The van der Waals surface area contributed by atoms with Gasteiger partial charge >= 0.3 is 0 Å². The summed E-state index contributed by atoms with van der Waals surface area (Å²) in [6.45, 7) is 2.71. The number of hydrogen-bond donors (Lipinski definition) is 1. The molecular weight excluding hydrogens is 382 g/mol. The van der Waals surface area contributed by atoms with Gasteiger partial charge in [0.25, 0.3) is 0 Å². The third kappa shape index (κ3) is 3.44. The molecule has 1 N–H and O–H groups in total. The van der Waals surface area contributed by atoms with Crippen molar-refractivity contribution in [2.75, 3.05) is 13.1 Å². The minimum atomic E-state index is -0.0675. The van der Waals surface area contributed by atoms with Gasteiger partial charge in [0.2, 0.25) is 5.91 Å². The quantitative estimate of drug-likeness (QED) is 0.780. The van der Waals surface area contributed by atoms with Crippen molar-refractivity contribution in [2.45, 2.75) is 57.5 Å². The third-order valence-corrected chi connectivity index (χ3v) is 8.90. The summed E-state index contributed by atoms with van der Waals surface area (Å²) in [5.41, 5.74) is 4.13. The fourth-order valence-corrected chi connectivity index (χ4v) is 7.79. The van der Waals surface area contributed by atoms with E-state index in [-0.39, 0.29) is 11.5 Å². The van der Waals surface area contributed by atoms with Crippen molar-refractivity contribution < 1.29 is 4.79 Å². The van der Waals surface area contributed by atoms with E-state index in [0.29, 0.717) is 12.5 Å². The number of carbonyl (C=O) groups excluding carboxylic acids is 1. The smallest absolute Gasteiger partial charge is 0.226 e. The first-order valence-corrected chi connectivity index (χ1v) is 12.3. The SMILES string of the molecule is Cn1cccc1[C@H](CNC(=O)C12CC3CC(CC(C3)C1)C2)N1CCc2ccccc2C1. The maximum atomic E-state index is 13.6. The van der Waals surface area contributed by atoms with E-state index in [1.54, 1.807) is 0 Å². The Labute approximate surface area is 186 Å². The van der Waals surface area contributed by atoms with Gasteiger partial charge in [-0.2, -0.15) is 0 Å². The number of benzene rings is 1. The van der Waals surface area contributed by atoms with Gasteiger partial charge in [0.15, 0.2) is 0 Å². The summed E-state index contributed by atoms with van der Waals surface area (Å²) >= 11 is 0. The van der Waals surface area contributed by atoms with E-state index in [9.17, 15) is 4.79 Å². The van der Waals surface area contributed by atoms with Gasteiger partial charge in [-0.3, -0.25) is 9.69 Å². The molecule has 7 rings (SSSR count). The minimum absolute atomic E-state index is 0.0675. The van der Waals surface area contributed by atoms with Crippen LogP contribution in [-0.4, -0.2) is 28.5 Å². The molecule has 4 saturated carbocycles. The Hall–Kier alpha value is -2.07. The maximum absolute atomic E-state index is 13.6. The van der Waals surface area contributed by atoms with Crippen molar-refractivity contribution >= 4 is 5.91 Å². The first-order chi connectivity index (χ1) is 15.1. The Morgan fingerprint density at radius 2 is 1.71 bits per heavy atom. The van der Waals surface area contributed by atoms with E-state index < -0.39 is 0 Å². The molecule has 4 bridgehead atoms. The lowest BCUT2D eigenvalue weighted by Gasteiger charge is -2.55. The van der Waals surface area contributed by atoms with Gasteiger partial charge in [-0.15, -0.1) is 0 Å². The molecule has 4 nitrogen and oxygen atoms in total. The van der Waals surface area contributed by atoms with Crippen LogP contribution >= 0.6 is 0 Å². The number of aromatic nitrogens is 1. The Balaban J connectivity index is 1.21. The van der Waals surface area contributed by atoms with Crippen LogP contribution in [0.1, 0.15) is 61.4 Å². The second kappa shape index (κ2) is 7.51. The lowest BCUT2D eigenvalue weighted by Crippen LogP contribution is -2.54. The highest BCUT2D eigenvalue weighted by molar-refractivity contribution is 5.83. The molecule has 4 aliphatic carbocycles. The van der Waals surface area contributed by atoms with Crippen molar-refractivity contribution in [3.05, 3.63) is 59.4 Å². The van der Waals surface area contributed by atoms with E-state index in [2.05, 4.69) is 64.4 Å². The van der Waals surface area contributed by atoms with Crippen LogP contribution in [0.5, 0.6) is 0 Å². The van der Waals surface area contributed by atoms with Gasteiger partial charge in [-0.1, -0.05) is 24.3 Å². The molecule has 5 aliphatic rings. The molecule has 1 atom stereocenters. The van der Waals surface area contributed by atoms with Gasteiger partial charge in [-0.25, -0.2) is 0 Å². The highest BCUT2D eigenvalue weighted by Crippen LogP contribution is 2.60. The molecule has 0 unspecified atom stereocenters. The molecule has 1 aromatic carbocycles. The molecule has 4 fully saturated rings. The average Bonchev–Trinajstić information content (AvgIpc) is 3.18. The molecule has 1 aliphatic heterocycles. The predicted molar refractivity (Wildman–Crippen MR) is 122 cm³/mol. The van der Waals surface area contributed by atoms with Crippen LogP contribution in [0, 0.1) is 23.2 Å². The zero-order valence-corrected chi connectivity index (χ0v) is 18.7. The summed E-state index contributed by atoms with van der Waals surface area (Å²) in [4.78, 5) is 16.2. The molecule has 2 aromatic rings. The standard InChI is InChI=1S/C27H35N3O/c1-29-9-4-7-24(29)25(30-10-8-22-5-2-3-6-23(22)18-30)17-28-26(31)27-14-19-11-20(15-27)13-21(12-19)16-27/h2-7,9,19-21,25H,8,10-18H2,1H3,(H,28,31)/t19?,20?,21?,25-,27?/m0/s1. The first-order valence-electron chi connectivity index (χ1n) is 12.3. The van der Waals surface area contributed by atoms with Crippen LogP contribution in [-0.2, 0) is 24.8 Å². The number of amides is 1. The number of rotatable bonds is 5. The largest absolute Gasteiger partial charge is 0.354 e. The second-order valence-electron chi connectivity index (χ2n) is 11.0. The summed E-state index contributed by atoms with van der Waals surface area (Å²) in [7, 11) is 2.13. The molecule has 1 amide bonds. The van der Waals surface area contributed by atoms with Crippen molar-refractivity contribution in [3.63, 3.8) is 0 Å². The van der Waals surface area contributed by atoms with Gasteiger partial charge in [0.1, 0.15) is 0 Å². The van der Waals surface area contributed by atoms with Gasteiger partial charge in [0.05, 0.1) is 6.04 Å². The van der Waals surface area contributed by atoms with Gasteiger partial charge in [0, 0.05) is 44.0 Å². The Morgan fingerprint density at radius 3 is 2.35 bits per heavy atom.